The highest BCUT2D eigenvalue weighted by Gasteiger charge is 2.19. The van der Waals surface area contributed by atoms with Crippen LogP contribution >= 0.6 is 0 Å². The number of aryl methyl sites for hydroxylation is 2. The maximum atomic E-state index is 12.6. The number of carbonyl (C=O) groups excluding carboxylic acids is 1. The van der Waals surface area contributed by atoms with E-state index in [1.165, 1.54) is 11.1 Å². The molecular formula is C23H33N5O2. The maximum Gasteiger partial charge on any atom is 0.222 e. The molecule has 7 heteroatoms. The highest BCUT2D eigenvalue weighted by atomic mass is 16.5. The Morgan fingerprint density at radius 3 is 2.73 bits per heavy atom. The molecule has 3 rings (SSSR count). The molecule has 1 aliphatic rings. The number of nitrogens with zero attached hydrogens (tertiary/aromatic N) is 3. The van der Waals surface area contributed by atoms with E-state index >= 15 is 0 Å². The number of hydrogen-bond acceptors (Lipinski definition) is 4. The number of nitrogens with one attached hydrogen (secondary N) is 2. The summed E-state index contributed by atoms with van der Waals surface area (Å²) >= 11 is 0. The summed E-state index contributed by atoms with van der Waals surface area (Å²) in [6, 6.07) is 8.39. The summed E-state index contributed by atoms with van der Waals surface area (Å²) in [5.74, 6) is 1.86. The highest BCUT2D eigenvalue weighted by molar-refractivity contribution is 5.80. The van der Waals surface area contributed by atoms with Crippen LogP contribution in [0.2, 0.25) is 0 Å². The first kappa shape index (κ1) is 21.9. The Hall–Kier alpha value is -2.83. The third-order valence-corrected chi connectivity index (χ3v) is 5.61. The van der Waals surface area contributed by atoms with Crippen molar-refractivity contribution in [3.8, 4) is 0 Å². The first-order valence-electron chi connectivity index (χ1n) is 10.9. The molecule has 0 spiro atoms. The lowest BCUT2D eigenvalue weighted by Gasteiger charge is -2.29. The van der Waals surface area contributed by atoms with Crippen molar-refractivity contribution >= 4 is 11.9 Å². The number of carbonyl (C=O) groups is 1. The van der Waals surface area contributed by atoms with Gasteiger partial charge in [0, 0.05) is 51.6 Å². The molecule has 0 saturated heterocycles. The van der Waals surface area contributed by atoms with Crippen molar-refractivity contribution in [2.45, 2.75) is 59.0 Å². The van der Waals surface area contributed by atoms with Crippen molar-refractivity contribution < 1.29 is 9.32 Å². The molecule has 0 aliphatic carbocycles. The van der Waals surface area contributed by atoms with Gasteiger partial charge in [0.05, 0.1) is 5.69 Å². The van der Waals surface area contributed by atoms with Crippen molar-refractivity contribution in [2.75, 3.05) is 20.1 Å². The van der Waals surface area contributed by atoms with E-state index in [2.05, 4.69) is 52.8 Å². The zero-order chi connectivity index (χ0) is 21.3. The molecule has 0 bridgehead atoms. The van der Waals surface area contributed by atoms with Crippen LogP contribution in [0.5, 0.6) is 0 Å². The van der Waals surface area contributed by atoms with E-state index in [1.54, 1.807) is 7.05 Å². The van der Waals surface area contributed by atoms with Gasteiger partial charge in [0.25, 0.3) is 0 Å². The molecule has 0 saturated carbocycles. The van der Waals surface area contributed by atoms with Gasteiger partial charge >= 0.3 is 0 Å². The number of rotatable bonds is 8. The van der Waals surface area contributed by atoms with E-state index in [0.717, 1.165) is 61.7 Å². The Morgan fingerprint density at radius 2 is 2.00 bits per heavy atom. The monoisotopic (exact) mass is 411 g/mol. The van der Waals surface area contributed by atoms with Gasteiger partial charge in [-0.15, -0.1) is 0 Å². The second-order valence-electron chi connectivity index (χ2n) is 7.53. The molecule has 7 nitrogen and oxygen atoms in total. The summed E-state index contributed by atoms with van der Waals surface area (Å²) in [5.41, 5.74) is 4.74. The topological polar surface area (TPSA) is 82.8 Å². The first-order valence-corrected chi connectivity index (χ1v) is 10.9. The Labute approximate surface area is 178 Å². The quantitative estimate of drug-likeness (QED) is 0.397. The molecule has 0 radical (unpaired) electrons. The number of aromatic nitrogens is 1. The van der Waals surface area contributed by atoms with E-state index in [4.69, 9.17) is 4.52 Å². The smallest absolute Gasteiger partial charge is 0.222 e. The third-order valence-electron chi connectivity index (χ3n) is 5.61. The molecular weight excluding hydrogens is 378 g/mol. The van der Waals surface area contributed by atoms with Gasteiger partial charge < -0.3 is 20.1 Å². The summed E-state index contributed by atoms with van der Waals surface area (Å²) < 4.78 is 5.41. The molecule has 0 unspecified atom stereocenters. The second kappa shape index (κ2) is 10.8. The van der Waals surface area contributed by atoms with Gasteiger partial charge in [-0.3, -0.25) is 9.79 Å². The molecule has 1 aromatic carbocycles. The zero-order valence-electron chi connectivity index (χ0n) is 18.3. The lowest BCUT2D eigenvalue weighted by molar-refractivity contribution is -0.132. The van der Waals surface area contributed by atoms with Gasteiger partial charge in [-0.2, -0.15) is 0 Å². The molecule has 162 valence electrons. The number of fused-ring (bicyclic) bond motifs is 1. The van der Waals surface area contributed by atoms with Crippen LogP contribution in [0.3, 0.4) is 0 Å². The molecule has 2 aromatic rings. The highest BCUT2D eigenvalue weighted by Crippen LogP contribution is 2.19. The lowest BCUT2D eigenvalue weighted by atomic mass is 9.99. The molecule has 2 N–H and O–H groups in total. The van der Waals surface area contributed by atoms with Crippen LogP contribution in [-0.2, 0) is 37.1 Å². The van der Waals surface area contributed by atoms with Crippen LogP contribution in [0.25, 0.3) is 0 Å². The Kier molecular flexibility index (Phi) is 7.88. The van der Waals surface area contributed by atoms with Gasteiger partial charge in [-0.1, -0.05) is 43.3 Å². The maximum absolute atomic E-state index is 12.6. The second-order valence-corrected chi connectivity index (χ2v) is 7.53. The Balaban J connectivity index is 1.40. The van der Waals surface area contributed by atoms with Crippen molar-refractivity contribution in [1.29, 1.82) is 0 Å². The molecule has 0 atom stereocenters. The van der Waals surface area contributed by atoms with E-state index in [9.17, 15) is 4.79 Å². The molecule has 0 fully saturated rings. The molecule has 1 amide bonds. The number of aliphatic imine (C=N–C) groups is 1. The minimum atomic E-state index is 0.221. The molecule has 30 heavy (non-hydrogen) atoms. The Morgan fingerprint density at radius 1 is 1.20 bits per heavy atom. The van der Waals surface area contributed by atoms with Gasteiger partial charge in [-0.25, -0.2) is 0 Å². The SMILES string of the molecule is CCc1noc(CC)c1CNC(=NC)NCCCC(=O)N1CCc2ccccc2C1. The van der Waals surface area contributed by atoms with Crippen molar-refractivity contribution in [1.82, 2.24) is 20.7 Å². The molecule has 1 aliphatic heterocycles. The Bertz CT molecular complexity index is 853. The number of guanidine groups is 1. The molecule has 2 heterocycles. The lowest BCUT2D eigenvalue weighted by Crippen LogP contribution is -2.39. The van der Waals surface area contributed by atoms with E-state index in [-0.39, 0.29) is 5.91 Å². The predicted octanol–water partition coefficient (Wildman–Crippen LogP) is 2.83. The van der Waals surface area contributed by atoms with Crippen LogP contribution in [0, 0.1) is 0 Å². The van der Waals surface area contributed by atoms with Crippen LogP contribution in [0.15, 0.2) is 33.8 Å². The van der Waals surface area contributed by atoms with Crippen LogP contribution < -0.4 is 10.6 Å². The average molecular weight is 412 g/mol. The number of benzene rings is 1. The standard InChI is InChI=1S/C23H33N5O2/c1-4-20-19(21(5-2)30-27-20)15-26-23(24-3)25-13-8-11-22(29)28-14-12-17-9-6-7-10-18(17)16-28/h6-7,9-10H,4-5,8,11-16H2,1-3H3,(H2,24,25,26). The van der Waals surface area contributed by atoms with Gasteiger partial charge in [0.2, 0.25) is 5.91 Å². The fourth-order valence-corrected chi connectivity index (χ4v) is 3.84. The largest absolute Gasteiger partial charge is 0.361 e. The summed E-state index contributed by atoms with van der Waals surface area (Å²) in [6.07, 6.45) is 3.91. The van der Waals surface area contributed by atoms with Gasteiger partial charge in [0.15, 0.2) is 5.96 Å². The van der Waals surface area contributed by atoms with E-state index in [0.29, 0.717) is 19.5 Å². The average Bonchev–Trinajstić information content (AvgIpc) is 3.20. The van der Waals surface area contributed by atoms with E-state index < -0.39 is 0 Å². The fraction of sp³-hybridized carbons (Fsp3) is 0.522. The number of hydrogen-bond donors (Lipinski definition) is 2. The first-order chi connectivity index (χ1) is 14.7. The minimum Gasteiger partial charge on any atom is -0.361 e. The summed E-state index contributed by atoms with van der Waals surface area (Å²) in [6.45, 7) is 7.00. The van der Waals surface area contributed by atoms with Crippen LogP contribution in [0.4, 0.5) is 0 Å². The predicted molar refractivity (Wildman–Crippen MR) is 118 cm³/mol. The summed E-state index contributed by atoms with van der Waals surface area (Å²) in [4.78, 5) is 18.8. The van der Waals surface area contributed by atoms with Crippen LogP contribution in [-0.4, -0.2) is 42.1 Å². The van der Waals surface area contributed by atoms with E-state index in [1.807, 2.05) is 11.0 Å². The number of amides is 1. The molecule has 1 aromatic heterocycles. The summed E-state index contributed by atoms with van der Waals surface area (Å²) in [5, 5.41) is 10.8. The van der Waals surface area contributed by atoms with Crippen molar-refractivity contribution in [3.63, 3.8) is 0 Å². The normalized spacial score (nSPS) is 13.8. The zero-order valence-corrected chi connectivity index (χ0v) is 18.3. The van der Waals surface area contributed by atoms with Gasteiger partial charge in [-0.05, 0) is 30.4 Å². The minimum absolute atomic E-state index is 0.221. The fourth-order valence-electron chi connectivity index (χ4n) is 3.84. The third kappa shape index (κ3) is 5.40. The van der Waals surface area contributed by atoms with Crippen molar-refractivity contribution in [2.24, 2.45) is 4.99 Å². The van der Waals surface area contributed by atoms with Crippen LogP contribution in [0.1, 0.15) is 54.8 Å². The van der Waals surface area contributed by atoms with Gasteiger partial charge in [0.1, 0.15) is 5.76 Å². The van der Waals surface area contributed by atoms with Crippen molar-refractivity contribution in [3.05, 3.63) is 52.4 Å². The summed E-state index contributed by atoms with van der Waals surface area (Å²) in [7, 11) is 1.75.